The SMILES string of the molecule is CC(=O)c1cccc(NC(=O)c2cnc(Nc3ccc(F)c(F)c3)cn2)c1. The minimum atomic E-state index is -0.989. The molecule has 2 aromatic carbocycles. The van der Waals surface area contributed by atoms with E-state index in [1.165, 1.54) is 25.4 Å². The summed E-state index contributed by atoms with van der Waals surface area (Å²) in [4.78, 5) is 31.7. The van der Waals surface area contributed by atoms with Crippen LogP contribution in [-0.4, -0.2) is 21.7 Å². The molecule has 0 atom stereocenters. The normalized spacial score (nSPS) is 10.3. The van der Waals surface area contributed by atoms with Crippen molar-refractivity contribution in [2.75, 3.05) is 10.6 Å². The third-order valence-corrected chi connectivity index (χ3v) is 3.60. The van der Waals surface area contributed by atoms with Crippen molar-refractivity contribution in [1.82, 2.24) is 9.97 Å². The fraction of sp³-hybridized carbons (Fsp3) is 0.0526. The fourth-order valence-electron chi connectivity index (χ4n) is 2.24. The topological polar surface area (TPSA) is 84.0 Å². The Morgan fingerprint density at radius 3 is 2.41 bits per heavy atom. The summed E-state index contributed by atoms with van der Waals surface area (Å²) in [6, 6.07) is 9.84. The first-order chi connectivity index (χ1) is 12.9. The minimum Gasteiger partial charge on any atom is -0.339 e. The first-order valence-electron chi connectivity index (χ1n) is 7.89. The van der Waals surface area contributed by atoms with Gasteiger partial charge in [0.1, 0.15) is 11.5 Å². The lowest BCUT2D eigenvalue weighted by Crippen LogP contribution is -2.14. The summed E-state index contributed by atoms with van der Waals surface area (Å²) in [7, 11) is 0. The molecule has 136 valence electrons. The van der Waals surface area contributed by atoms with Crippen LogP contribution in [0.3, 0.4) is 0 Å². The molecular formula is C19H14F2N4O2. The fourth-order valence-corrected chi connectivity index (χ4v) is 2.24. The van der Waals surface area contributed by atoms with Gasteiger partial charge in [0.05, 0.1) is 12.4 Å². The van der Waals surface area contributed by atoms with Crippen molar-refractivity contribution in [2.24, 2.45) is 0 Å². The predicted molar refractivity (Wildman–Crippen MR) is 96.1 cm³/mol. The first-order valence-corrected chi connectivity index (χ1v) is 7.89. The van der Waals surface area contributed by atoms with Crippen molar-refractivity contribution in [1.29, 1.82) is 0 Å². The molecule has 0 aliphatic carbocycles. The number of carbonyl (C=O) groups is 2. The van der Waals surface area contributed by atoms with Crippen molar-refractivity contribution in [3.05, 3.63) is 77.8 Å². The van der Waals surface area contributed by atoms with E-state index in [0.717, 1.165) is 12.1 Å². The maximum Gasteiger partial charge on any atom is 0.275 e. The van der Waals surface area contributed by atoms with Gasteiger partial charge < -0.3 is 10.6 Å². The molecule has 0 saturated carbocycles. The Bertz CT molecular complexity index is 1010. The van der Waals surface area contributed by atoms with Crippen molar-refractivity contribution >= 4 is 28.9 Å². The monoisotopic (exact) mass is 368 g/mol. The van der Waals surface area contributed by atoms with Gasteiger partial charge in [-0.3, -0.25) is 9.59 Å². The van der Waals surface area contributed by atoms with Gasteiger partial charge in [0.15, 0.2) is 17.4 Å². The number of carbonyl (C=O) groups excluding carboxylic acids is 2. The van der Waals surface area contributed by atoms with Crippen molar-refractivity contribution < 1.29 is 18.4 Å². The Morgan fingerprint density at radius 1 is 0.926 bits per heavy atom. The van der Waals surface area contributed by atoms with Crippen molar-refractivity contribution in [3.8, 4) is 0 Å². The quantitative estimate of drug-likeness (QED) is 0.666. The number of Topliss-reactive ketones (excluding diaryl/α,β-unsaturated/α-hetero) is 1. The highest BCUT2D eigenvalue weighted by atomic mass is 19.2. The van der Waals surface area contributed by atoms with Crippen LogP contribution in [0.1, 0.15) is 27.8 Å². The molecule has 3 rings (SSSR count). The summed E-state index contributed by atoms with van der Waals surface area (Å²) in [5.74, 6) is -2.29. The average Bonchev–Trinajstić information content (AvgIpc) is 2.65. The third-order valence-electron chi connectivity index (χ3n) is 3.60. The first kappa shape index (κ1) is 18.1. The molecule has 1 amide bonds. The Labute approximate surface area is 153 Å². The molecule has 0 fully saturated rings. The molecule has 27 heavy (non-hydrogen) atoms. The number of anilines is 3. The van der Waals surface area contributed by atoms with Crippen LogP contribution in [0.25, 0.3) is 0 Å². The van der Waals surface area contributed by atoms with Crippen LogP contribution in [0.5, 0.6) is 0 Å². The number of benzene rings is 2. The standard InChI is InChI=1S/C19H14F2N4O2/c1-11(26)12-3-2-4-13(7-12)25-19(27)17-9-23-18(10-22-17)24-14-5-6-15(20)16(21)8-14/h2-10H,1H3,(H,23,24)(H,25,27). The Morgan fingerprint density at radius 2 is 1.74 bits per heavy atom. The molecule has 1 aromatic heterocycles. The van der Waals surface area contributed by atoms with Gasteiger partial charge in [-0.25, -0.2) is 18.7 Å². The zero-order chi connectivity index (χ0) is 19.4. The number of halogens is 2. The van der Waals surface area contributed by atoms with Gasteiger partial charge >= 0.3 is 0 Å². The summed E-state index contributed by atoms with van der Waals surface area (Å²) >= 11 is 0. The molecule has 2 N–H and O–H groups in total. The van der Waals surface area contributed by atoms with Crippen LogP contribution in [0.2, 0.25) is 0 Å². The predicted octanol–water partition coefficient (Wildman–Crippen LogP) is 3.95. The molecule has 6 nitrogen and oxygen atoms in total. The zero-order valence-electron chi connectivity index (χ0n) is 14.2. The number of aromatic nitrogens is 2. The second-order valence-electron chi connectivity index (χ2n) is 5.63. The Kier molecular flexibility index (Phi) is 5.16. The third kappa shape index (κ3) is 4.49. The lowest BCUT2D eigenvalue weighted by atomic mass is 10.1. The van der Waals surface area contributed by atoms with E-state index < -0.39 is 17.5 Å². The van der Waals surface area contributed by atoms with Gasteiger partial charge in [-0.1, -0.05) is 12.1 Å². The molecule has 1 heterocycles. The zero-order valence-corrected chi connectivity index (χ0v) is 14.2. The van der Waals surface area contributed by atoms with E-state index in [2.05, 4.69) is 20.6 Å². The number of hydrogen-bond acceptors (Lipinski definition) is 5. The molecule has 0 radical (unpaired) electrons. The van der Waals surface area contributed by atoms with E-state index in [-0.39, 0.29) is 17.3 Å². The lowest BCUT2D eigenvalue weighted by molar-refractivity contribution is 0.100. The van der Waals surface area contributed by atoms with Crippen molar-refractivity contribution in [2.45, 2.75) is 6.92 Å². The van der Waals surface area contributed by atoms with E-state index in [0.29, 0.717) is 16.9 Å². The van der Waals surface area contributed by atoms with E-state index in [1.54, 1.807) is 24.3 Å². The van der Waals surface area contributed by atoms with Crippen LogP contribution in [0, 0.1) is 11.6 Å². The van der Waals surface area contributed by atoms with Crippen LogP contribution < -0.4 is 10.6 Å². The number of ketones is 1. The van der Waals surface area contributed by atoms with Crippen LogP contribution in [-0.2, 0) is 0 Å². The van der Waals surface area contributed by atoms with Crippen molar-refractivity contribution in [3.63, 3.8) is 0 Å². The van der Waals surface area contributed by atoms with E-state index in [1.807, 2.05) is 0 Å². The highest BCUT2D eigenvalue weighted by Crippen LogP contribution is 2.17. The second kappa shape index (κ2) is 7.69. The van der Waals surface area contributed by atoms with Crippen LogP contribution in [0.4, 0.5) is 26.0 Å². The average molecular weight is 368 g/mol. The van der Waals surface area contributed by atoms with Gasteiger partial charge in [0.2, 0.25) is 0 Å². The Balaban J connectivity index is 1.69. The van der Waals surface area contributed by atoms with Crippen LogP contribution >= 0.6 is 0 Å². The number of hydrogen-bond donors (Lipinski definition) is 2. The van der Waals surface area contributed by atoms with Gasteiger partial charge in [0.25, 0.3) is 5.91 Å². The molecule has 0 saturated heterocycles. The molecule has 0 bridgehead atoms. The smallest absolute Gasteiger partial charge is 0.275 e. The van der Waals surface area contributed by atoms with E-state index in [9.17, 15) is 18.4 Å². The molecule has 0 aliphatic heterocycles. The number of amides is 1. The minimum absolute atomic E-state index is 0.0547. The molecule has 8 heteroatoms. The highest BCUT2D eigenvalue weighted by molar-refractivity contribution is 6.03. The molecule has 0 spiro atoms. The lowest BCUT2D eigenvalue weighted by Gasteiger charge is -2.08. The summed E-state index contributed by atoms with van der Waals surface area (Å²) in [6.07, 6.45) is 2.54. The maximum atomic E-state index is 13.2. The largest absolute Gasteiger partial charge is 0.339 e. The summed E-state index contributed by atoms with van der Waals surface area (Å²) in [5, 5.41) is 5.39. The molecule has 0 aliphatic rings. The van der Waals surface area contributed by atoms with Gasteiger partial charge in [-0.15, -0.1) is 0 Å². The second-order valence-corrected chi connectivity index (χ2v) is 5.63. The van der Waals surface area contributed by atoms with Crippen LogP contribution in [0.15, 0.2) is 54.9 Å². The summed E-state index contributed by atoms with van der Waals surface area (Å²) < 4.78 is 26.1. The molecular weight excluding hydrogens is 354 g/mol. The van der Waals surface area contributed by atoms with E-state index in [4.69, 9.17) is 0 Å². The summed E-state index contributed by atoms with van der Waals surface area (Å²) in [5.41, 5.74) is 1.28. The van der Waals surface area contributed by atoms with Gasteiger partial charge in [-0.05, 0) is 31.2 Å². The number of rotatable bonds is 5. The van der Waals surface area contributed by atoms with Gasteiger partial charge in [-0.2, -0.15) is 0 Å². The molecule has 0 unspecified atom stereocenters. The maximum absolute atomic E-state index is 13.2. The number of nitrogens with one attached hydrogen (secondary N) is 2. The molecule has 3 aromatic rings. The van der Waals surface area contributed by atoms with Gasteiger partial charge in [0, 0.05) is 23.0 Å². The highest BCUT2D eigenvalue weighted by Gasteiger charge is 2.10. The van der Waals surface area contributed by atoms with E-state index >= 15 is 0 Å². The Hall–Kier alpha value is -3.68. The summed E-state index contributed by atoms with van der Waals surface area (Å²) in [6.45, 7) is 1.44. The number of nitrogens with zero attached hydrogens (tertiary/aromatic N) is 2.